The van der Waals surface area contributed by atoms with Crippen molar-refractivity contribution in [1.29, 1.82) is 0 Å². The summed E-state index contributed by atoms with van der Waals surface area (Å²) in [6.45, 7) is 2.36. The summed E-state index contributed by atoms with van der Waals surface area (Å²) in [5.74, 6) is -0.792. The van der Waals surface area contributed by atoms with Crippen LogP contribution in [-0.2, 0) is 19.6 Å². The number of hydrogen-bond donors (Lipinski definition) is 1. The molecule has 0 spiro atoms. The van der Waals surface area contributed by atoms with Gasteiger partial charge in [0.2, 0.25) is 0 Å². The van der Waals surface area contributed by atoms with Gasteiger partial charge in [0.15, 0.2) is 5.60 Å². The number of carbonyl (C=O) groups excluding carboxylic acids is 1. The predicted octanol–water partition coefficient (Wildman–Crippen LogP) is 1.00. The summed E-state index contributed by atoms with van der Waals surface area (Å²) in [7, 11) is -3.64. The van der Waals surface area contributed by atoms with E-state index in [1.165, 1.54) is 6.92 Å². The molecule has 0 saturated carbocycles. The van der Waals surface area contributed by atoms with Gasteiger partial charge in [-0.3, -0.25) is 4.79 Å². The molecular weight excluding hydrogens is 366 g/mol. The summed E-state index contributed by atoms with van der Waals surface area (Å²) in [6.07, 6.45) is -4.30. The highest BCUT2D eigenvalue weighted by Crippen LogP contribution is 2.47. The molecule has 1 aromatic rings. The minimum absolute atomic E-state index is 0.0897. The molecule has 0 unspecified atom stereocenters. The third kappa shape index (κ3) is 3.61. The second kappa shape index (κ2) is 6.02. The minimum atomic E-state index is -4.60. The van der Waals surface area contributed by atoms with Crippen LogP contribution in [-0.4, -0.2) is 63.9 Å². The molecule has 132 valence electrons. The quantitative estimate of drug-likeness (QED) is 0.789. The third-order valence-corrected chi connectivity index (χ3v) is 5.19. The first-order valence-electron chi connectivity index (χ1n) is 6.82. The summed E-state index contributed by atoms with van der Waals surface area (Å²) in [6, 6.07) is 0. The fourth-order valence-corrected chi connectivity index (χ4v) is 3.60. The van der Waals surface area contributed by atoms with Crippen LogP contribution >= 0.6 is 0 Å². The molecule has 2 heterocycles. The number of nitrogens with one attached hydrogen (secondary N) is 1. The Balaban J connectivity index is 2.18. The van der Waals surface area contributed by atoms with Crippen LogP contribution in [0.1, 0.15) is 19.0 Å². The maximum absolute atomic E-state index is 13.0. The smallest absolute Gasteiger partial charge is 0.354 e. The van der Waals surface area contributed by atoms with E-state index in [2.05, 4.69) is 26.7 Å². The molecule has 24 heavy (non-hydrogen) atoms. The van der Waals surface area contributed by atoms with Crippen molar-refractivity contribution in [2.75, 3.05) is 11.6 Å². The number of rotatable bonds is 3. The predicted molar refractivity (Wildman–Crippen MR) is 79.3 cm³/mol. The van der Waals surface area contributed by atoms with E-state index >= 15 is 0 Å². The molecule has 2 radical (unpaired) electrons. The van der Waals surface area contributed by atoms with Crippen LogP contribution in [0.4, 0.5) is 18.9 Å². The average Bonchev–Trinajstić information content (AvgIpc) is 2.90. The fraction of sp³-hybridized carbons (Fsp3) is 0.667. The fourth-order valence-electron chi connectivity index (χ4n) is 2.33. The molecule has 2 rings (SSSR count). The maximum atomic E-state index is 13.0. The van der Waals surface area contributed by atoms with Gasteiger partial charge in [-0.25, -0.2) is 8.42 Å². The second-order valence-electron chi connectivity index (χ2n) is 5.89. The number of hydrogen-bond acceptors (Lipinski definition) is 5. The summed E-state index contributed by atoms with van der Waals surface area (Å²) >= 11 is 2.18. The molecule has 12 heteroatoms. The van der Waals surface area contributed by atoms with Gasteiger partial charge in [0.1, 0.15) is 22.4 Å². The average molecular weight is 381 g/mol. The lowest BCUT2D eigenvalue weighted by molar-refractivity contribution is -0.261. The number of aromatic nitrogens is 2. The van der Waals surface area contributed by atoms with Gasteiger partial charge in [0.25, 0.3) is 15.9 Å². The number of amides is 1. The topological polar surface area (TPSA) is 90.3 Å². The monoisotopic (exact) mass is 381 g/mol. The highest BCUT2D eigenvalue weighted by atomic mass is 32.2. The number of anilines is 1. The van der Waals surface area contributed by atoms with E-state index in [1.807, 2.05) is 0 Å². The van der Waals surface area contributed by atoms with Crippen LogP contribution in [0.2, 0.25) is 4.78 Å². The van der Waals surface area contributed by atoms with Gasteiger partial charge in [-0.1, -0.05) is 4.78 Å². The maximum Gasteiger partial charge on any atom is 0.417 e. The van der Waals surface area contributed by atoms with Crippen LogP contribution in [0.25, 0.3) is 0 Å². The Morgan fingerprint density at radius 3 is 2.54 bits per heavy atom. The van der Waals surface area contributed by atoms with Crippen molar-refractivity contribution in [1.82, 2.24) is 9.19 Å². The van der Waals surface area contributed by atoms with E-state index in [9.17, 15) is 26.4 Å². The van der Waals surface area contributed by atoms with E-state index in [0.717, 1.165) is 19.4 Å². The number of halogens is 3. The Kier molecular flexibility index (Phi) is 4.82. The number of carbonyl (C=O) groups is 1. The standard InChI is InChI=1S/C12H15F3N3O4S.Al/c1-7-8(6-18(17-7)23(3,20)21)16-10(19)9-4-5-11(2,22-9)12(13,14)15;/h4,6,9H,5H2,1-3H3,(H,16,19);/t9-,11-;/m1./s1. The largest absolute Gasteiger partial charge is 0.417 e. The summed E-state index contributed by atoms with van der Waals surface area (Å²) < 4.78 is 66.9. The molecule has 1 amide bonds. The Labute approximate surface area is 145 Å². The van der Waals surface area contributed by atoms with Crippen molar-refractivity contribution in [2.24, 2.45) is 0 Å². The van der Waals surface area contributed by atoms with Crippen molar-refractivity contribution in [3.8, 4) is 0 Å². The molecule has 1 saturated heterocycles. The van der Waals surface area contributed by atoms with Gasteiger partial charge in [0, 0.05) is 0 Å². The lowest BCUT2D eigenvalue weighted by Gasteiger charge is -2.27. The van der Waals surface area contributed by atoms with Crippen LogP contribution in [0.5, 0.6) is 0 Å². The van der Waals surface area contributed by atoms with Crippen LogP contribution in [0.15, 0.2) is 6.20 Å². The van der Waals surface area contributed by atoms with Crippen molar-refractivity contribution in [3.63, 3.8) is 0 Å². The van der Waals surface area contributed by atoms with E-state index in [1.54, 1.807) is 0 Å². The van der Waals surface area contributed by atoms with Gasteiger partial charge in [0.05, 0.1) is 23.8 Å². The SMILES string of the molecule is Cc1nn(S(C)(=O)=O)cc1NC(=O)[C@@H]1O[C@@](C)(C(F)(F)F)C[C@H]1[Al]. The first-order chi connectivity index (χ1) is 10.7. The summed E-state index contributed by atoms with van der Waals surface area (Å²) in [4.78, 5) is 12.2. The number of nitrogens with zero attached hydrogens (tertiary/aromatic N) is 2. The molecule has 3 atom stereocenters. The molecule has 1 N–H and O–H groups in total. The highest BCUT2D eigenvalue weighted by molar-refractivity contribution is 7.89. The van der Waals surface area contributed by atoms with E-state index in [-0.39, 0.29) is 17.8 Å². The number of ether oxygens (including phenoxy) is 1. The molecule has 0 aliphatic carbocycles. The molecule has 0 aromatic carbocycles. The first kappa shape index (κ1) is 19.2. The van der Waals surface area contributed by atoms with Crippen molar-refractivity contribution < 1.29 is 31.1 Å². The molecule has 1 fully saturated rings. The zero-order valence-electron chi connectivity index (χ0n) is 13.1. The zero-order valence-corrected chi connectivity index (χ0v) is 15.1. The molecule has 1 aliphatic rings. The van der Waals surface area contributed by atoms with Gasteiger partial charge >= 0.3 is 6.18 Å². The summed E-state index contributed by atoms with van der Waals surface area (Å²) in [5.41, 5.74) is -2.11. The third-order valence-electron chi connectivity index (χ3n) is 3.73. The van der Waals surface area contributed by atoms with Crippen LogP contribution in [0.3, 0.4) is 0 Å². The van der Waals surface area contributed by atoms with E-state index < -0.39 is 38.6 Å². The van der Waals surface area contributed by atoms with Crippen LogP contribution in [0, 0.1) is 6.92 Å². The lowest BCUT2D eigenvalue weighted by Crippen LogP contribution is -2.43. The molecule has 1 aliphatic heterocycles. The Morgan fingerprint density at radius 2 is 2.12 bits per heavy atom. The lowest BCUT2D eigenvalue weighted by atomic mass is 10.0. The number of alkyl halides is 3. The zero-order chi connectivity index (χ0) is 18.5. The van der Waals surface area contributed by atoms with Gasteiger partial charge in [-0.2, -0.15) is 22.4 Å². The number of aryl methyl sites for hydroxylation is 1. The van der Waals surface area contributed by atoms with E-state index in [4.69, 9.17) is 4.74 Å². The first-order valence-corrected chi connectivity index (χ1v) is 9.34. The highest BCUT2D eigenvalue weighted by Gasteiger charge is 2.59. The molecular formula is C12H15AlF3N3O4S. The van der Waals surface area contributed by atoms with Crippen molar-refractivity contribution in [2.45, 2.75) is 42.9 Å². The van der Waals surface area contributed by atoms with Gasteiger partial charge < -0.3 is 10.1 Å². The normalized spacial score (nSPS) is 28.1. The van der Waals surface area contributed by atoms with Crippen molar-refractivity contribution in [3.05, 3.63) is 11.9 Å². The minimum Gasteiger partial charge on any atom is -0.354 e. The van der Waals surface area contributed by atoms with Crippen LogP contribution < -0.4 is 5.32 Å². The Hall–Kier alpha value is -1.09. The molecule has 0 bridgehead atoms. The van der Waals surface area contributed by atoms with E-state index in [0.29, 0.717) is 4.09 Å². The van der Waals surface area contributed by atoms with Crippen molar-refractivity contribution >= 4 is 37.9 Å². The Bertz CT molecular complexity index is 764. The van der Waals surface area contributed by atoms with Gasteiger partial charge in [-0.15, -0.1) is 0 Å². The molecule has 1 aromatic heterocycles. The summed E-state index contributed by atoms with van der Waals surface area (Å²) in [5, 5.41) is 6.11. The molecule has 7 nitrogen and oxygen atoms in total. The second-order valence-corrected chi connectivity index (χ2v) is 8.58. The van der Waals surface area contributed by atoms with Gasteiger partial charge in [-0.05, 0) is 20.3 Å². The Morgan fingerprint density at radius 1 is 1.54 bits per heavy atom.